The van der Waals surface area contributed by atoms with Crippen LogP contribution in [0.5, 0.6) is 11.5 Å². The molecule has 3 rings (SSSR count). The van der Waals surface area contributed by atoms with Crippen molar-refractivity contribution in [3.63, 3.8) is 0 Å². The largest absolute Gasteiger partial charge is 0.497 e. The van der Waals surface area contributed by atoms with Crippen LogP contribution >= 0.6 is 11.7 Å². The van der Waals surface area contributed by atoms with E-state index in [9.17, 15) is 9.59 Å². The molecule has 1 aromatic heterocycles. The van der Waals surface area contributed by atoms with Crippen LogP contribution in [0.1, 0.15) is 29.9 Å². The number of esters is 2. The van der Waals surface area contributed by atoms with E-state index in [0.717, 1.165) is 11.7 Å². The second-order valence-electron chi connectivity index (χ2n) is 6.35. The van der Waals surface area contributed by atoms with Crippen molar-refractivity contribution in [1.82, 2.24) is 8.75 Å². The summed E-state index contributed by atoms with van der Waals surface area (Å²) in [5, 5.41) is 0. The molecule has 2 unspecified atom stereocenters. The summed E-state index contributed by atoms with van der Waals surface area (Å²) in [6.07, 6.45) is 0. The molecule has 0 aliphatic carbocycles. The number of hydrogen-bond acceptors (Lipinski definition) is 9. The van der Waals surface area contributed by atoms with E-state index in [1.165, 1.54) is 21.3 Å². The van der Waals surface area contributed by atoms with Gasteiger partial charge >= 0.3 is 11.9 Å². The molecule has 1 heterocycles. The zero-order valence-electron chi connectivity index (χ0n) is 17.1. The van der Waals surface area contributed by atoms with E-state index < -0.39 is 23.8 Å². The first-order valence-corrected chi connectivity index (χ1v) is 9.95. The van der Waals surface area contributed by atoms with Gasteiger partial charge in [-0.1, -0.05) is 12.1 Å². The van der Waals surface area contributed by atoms with E-state index in [0.29, 0.717) is 33.7 Å². The summed E-state index contributed by atoms with van der Waals surface area (Å²) in [7, 11) is 4.30. The van der Waals surface area contributed by atoms with Gasteiger partial charge in [0.05, 0.1) is 45.6 Å². The Balaban J connectivity index is 2.20. The lowest BCUT2D eigenvalue weighted by atomic mass is 9.80. The first-order valence-electron chi connectivity index (χ1n) is 9.22. The molecule has 0 bridgehead atoms. The Kier molecular flexibility index (Phi) is 6.83. The van der Waals surface area contributed by atoms with Crippen LogP contribution in [0.25, 0.3) is 11.0 Å². The fraction of sp³-hybridized carbons (Fsp3) is 0.333. The van der Waals surface area contributed by atoms with E-state index in [1.807, 2.05) is 0 Å². The number of ether oxygens (including phenoxy) is 4. The monoisotopic (exact) mass is 430 g/mol. The van der Waals surface area contributed by atoms with Gasteiger partial charge in [0.15, 0.2) is 0 Å². The third-order valence-corrected chi connectivity index (χ3v) is 5.30. The van der Waals surface area contributed by atoms with Gasteiger partial charge in [-0.15, -0.1) is 0 Å². The van der Waals surface area contributed by atoms with Crippen molar-refractivity contribution in [2.45, 2.75) is 18.8 Å². The summed E-state index contributed by atoms with van der Waals surface area (Å²) in [4.78, 5) is 26.0. The van der Waals surface area contributed by atoms with E-state index in [2.05, 4.69) is 8.75 Å². The van der Waals surface area contributed by atoms with Gasteiger partial charge in [0.25, 0.3) is 0 Å². The number of carbonyl (C=O) groups is 2. The molecule has 3 aromatic rings. The molecule has 0 saturated heterocycles. The molecule has 30 heavy (non-hydrogen) atoms. The van der Waals surface area contributed by atoms with Gasteiger partial charge in [-0.3, -0.25) is 9.59 Å². The Hall–Kier alpha value is -3.20. The first kappa shape index (κ1) is 21.5. The number of nitrogens with zero attached hydrogens (tertiary/aromatic N) is 2. The Morgan fingerprint density at radius 3 is 2.37 bits per heavy atom. The van der Waals surface area contributed by atoms with Crippen molar-refractivity contribution < 1.29 is 28.5 Å². The summed E-state index contributed by atoms with van der Waals surface area (Å²) in [5.41, 5.74) is 2.40. The topological polar surface area (TPSA) is 96.8 Å². The average Bonchev–Trinajstić information content (AvgIpc) is 3.24. The Bertz CT molecular complexity index is 1050. The average molecular weight is 430 g/mol. The number of hydrogen-bond donors (Lipinski definition) is 0. The highest BCUT2D eigenvalue weighted by Gasteiger charge is 2.40. The molecule has 0 aliphatic heterocycles. The quantitative estimate of drug-likeness (QED) is 0.502. The van der Waals surface area contributed by atoms with Gasteiger partial charge in [0, 0.05) is 11.6 Å². The van der Waals surface area contributed by atoms with E-state index in [4.69, 9.17) is 18.9 Å². The first-order chi connectivity index (χ1) is 14.5. The van der Waals surface area contributed by atoms with Crippen molar-refractivity contribution in [2.24, 2.45) is 0 Å². The molecular weight excluding hydrogens is 408 g/mol. The van der Waals surface area contributed by atoms with E-state index in [-0.39, 0.29) is 6.61 Å². The predicted octanol–water partition coefficient (Wildman–Crippen LogP) is 3.31. The van der Waals surface area contributed by atoms with E-state index >= 15 is 0 Å². The van der Waals surface area contributed by atoms with Crippen molar-refractivity contribution >= 4 is 34.7 Å². The molecule has 0 aliphatic rings. The van der Waals surface area contributed by atoms with Gasteiger partial charge < -0.3 is 18.9 Å². The molecule has 9 heteroatoms. The Labute approximate surface area is 178 Å². The SMILES string of the molecule is CCOC(=O)C(c1ccc2nsnc2c1)C(C(=O)OC)c1ccc(OC)cc1OC. The van der Waals surface area contributed by atoms with Crippen LogP contribution in [0.2, 0.25) is 0 Å². The molecule has 8 nitrogen and oxygen atoms in total. The molecule has 0 fully saturated rings. The van der Waals surface area contributed by atoms with Gasteiger partial charge in [-0.05, 0) is 30.7 Å². The van der Waals surface area contributed by atoms with Crippen LogP contribution in [0.4, 0.5) is 0 Å². The van der Waals surface area contributed by atoms with Crippen LogP contribution in [0, 0.1) is 0 Å². The number of rotatable bonds is 8. The summed E-state index contributed by atoms with van der Waals surface area (Å²) >= 11 is 1.08. The predicted molar refractivity (Wildman–Crippen MR) is 111 cm³/mol. The number of fused-ring (bicyclic) bond motifs is 1. The van der Waals surface area contributed by atoms with E-state index in [1.54, 1.807) is 43.3 Å². The Morgan fingerprint density at radius 2 is 1.70 bits per heavy atom. The number of benzene rings is 2. The minimum atomic E-state index is -1.00. The maximum atomic E-state index is 13.0. The van der Waals surface area contributed by atoms with Crippen LogP contribution in [0.15, 0.2) is 36.4 Å². The summed E-state index contributed by atoms with van der Waals surface area (Å²) in [5.74, 6) is -2.15. The molecule has 0 radical (unpaired) electrons. The molecular formula is C21H22N2O6S. The summed E-state index contributed by atoms with van der Waals surface area (Å²) in [6.45, 7) is 1.88. The van der Waals surface area contributed by atoms with Gasteiger partial charge in [0.1, 0.15) is 28.5 Å². The maximum Gasteiger partial charge on any atom is 0.314 e. The van der Waals surface area contributed by atoms with Gasteiger partial charge in [-0.2, -0.15) is 8.75 Å². The molecule has 0 N–H and O–H groups in total. The second kappa shape index (κ2) is 9.53. The smallest absolute Gasteiger partial charge is 0.314 e. The van der Waals surface area contributed by atoms with Crippen LogP contribution < -0.4 is 9.47 Å². The highest BCUT2D eigenvalue weighted by atomic mass is 32.1. The molecule has 0 spiro atoms. The lowest BCUT2D eigenvalue weighted by Gasteiger charge is -2.26. The lowest BCUT2D eigenvalue weighted by Crippen LogP contribution is -2.29. The normalized spacial score (nSPS) is 12.8. The number of methoxy groups -OCH3 is 3. The lowest BCUT2D eigenvalue weighted by molar-refractivity contribution is -0.152. The third-order valence-electron chi connectivity index (χ3n) is 4.74. The van der Waals surface area contributed by atoms with Crippen LogP contribution in [0.3, 0.4) is 0 Å². The van der Waals surface area contributed by atoms with Crippen LogP contribution in [-0.4, -0.2) is 48.6 Å². The van der Waals surface area contributed by atoms with Crippen molar-refractivity contribution in [3.05, 3.63) is 47.5 Å². The van der Waals surface area contributed by atoms with Gasteiger partial charge in [-0.25, -0.2) is 0 Å². The zero-order valence-corrected chi connectivity index (χ0v) is 17.9. The third kappa shape index (κ3) is 4.20. The summed E-state index contributed by atoms with van der Waals surface area (Å²) in [6, 6.07) is 10.3. The van der Waals surface area contributed by atoms with Gasteiger partial charge in [0.2, 0.25) is 0 Å². The molecule has 0 saturated carbocycles. The number of aromatic nitrogens is 2. The number of carbonyl (C=O) groups excluding carboxylic acids is 2. The van der Waals surface area contributed by atoms with Crippen molar-refractivity contribution in [1.29, 1.82) is 0 Å². The highest BCUT2D eigenvalue weighted by Crippen LogP contribution is 2.41. The minimum Gasteiger partial charge on any atom is -0.497 e. The molecule has 2 atom stereocenters. The fourth-order valence-electron chi connectivity index (χ4n) is 3.33. The second-order valence-corrected chi connectivity index (χ2v) is 6.88. The van der Waals surface area contributed by atoms with Crippen molar-refractivity contribution in [3.8, 4) is 11.5 Å². The molecule has 2 aromatic carbocycles. The zero-order chi connectivity index (χ0) is 21.7. The van der Waals surface area contributed by atoms with Crippen LogP contribution in [-0.2, 0) is 19.1 Å². The minimum absolute atomic E-state index is 0.170. The fourth-order valence-corrected chi connectivity index (χ4v) is 3.85. The molecule has 0 amide bonds. The van der Waals surface area contributed by atoms with Crippen molar-refractivity contribution in [2.75, 3.05) is 27.9 Å². The highest BCUT2D eigenvalue weighted by molar-refractivity contribution is 7.00. The maximum absolute atomic E-state index is 13.0. The summed E-state index contributed by atoms with van der Waals surface area (Å²) < 4.78 is 29.6. The Morgan fingerprint density at radius 1 is 0.933 bits per heavy atom. The molecule has 158 valence electrons. The standard InChI is InChI=1S/C21H22N2O6S/c1-5-29-21(25)18(12-6-9-15-16(10-12)23-30-22-15)19(20(24)28-4)14-8-7-13(26-2)11-17(14)27-3/h6-11,18-19H,5H2,1-4H3.